The van der Waals surface area contributed by atoms with E-state index in [0.29, 0.717) is 22.6 Å². The number of aromatic nitrogens is 2. The number of halogens is 3. The molecule has 0 aliphatic heterocycles. The monoisotopic (exact) mass is 323 g/mol. The molecule has 6 heteroatoms. The maximum Gasteiger partial charge on any atom is 0.153 e. The highest BCUT2D eigenvalue weighted by Gasteiger charge is 2.13. The zero-order valence-electron chi connectivity index (χ0n) is 9.55. The van der Waals surface area contributed by atoms with E-state index >= 15 is 0 Å². The Balaban J connectivity index is 2.26. The third-order valence-corrected chi connectivity index (χ3v) is 3.44. The van der Waals surface area contributed by atoms with Crippen molar-refractivity contribution in [3.8, 4) is 11.4 Å². The van der Waals surface area contributed by atoms with E-state index in [1.807, 2.05) is 0 Å². The van der Waals surface area contributed by atoms with Crippen molar-refractivity contribution in [2.24, 2.45) is 0 Å². The zero-order chi connectivity index (χ0) is 13.6. The van der Waals surface area contributed by atoms with Gasteiger partial charge in [-0.1, -0.05) is 15.9 Å². The van der Waals surface area contributed by atoms with E-state index < -0.39 is 11.6 Å². The number of hydrogen-bond donors (Lipinski definition) is 2. The number of nitrogens with zero attached hydrogens (tertiary/aromatic N) is 1. The smallest absolute Gasteiger partial charge is 0.153 e. The molecule has 96 valence electrons. The lowest BCUT2D eigenvalue weighted by atomic mass is 10.2. The summed E-state index contributed by atoms with van der Waals surface area (Å²) in [7, 11) is 0. The van der Waals surface area contributed by atoms with E-state index in [0.717, 1.165) is 10.5 Å². The number of rotatable bonds is 1. The van der Waals surface area contributed by atoms with Gasteiger partial charge < -0.3 is 10.7 Å². The molecule has 1 aromatic heterocycles. The molecule has 0 saturated carbocycles. The van der Waals surface area contributed by atoms with E-state index in [4.69, 9.17) is 5.73 Å². The van der Waals surface area contributed by atoms with E-state index in [1.165, 1.54) is 6.07 Å². The molecule has 0 saturated heterocycles. The molecule has 0 unspecified atom stereocenters. The first-order valence-electron chi connectivity index (χ1n) is 5.45. The molecule has 3 nitrogen and oxygen atoms in total. The fourth-order valence-corrected chi connectivity index (χ4v) is 2.33. The van der Waals surface area contributed by atoms with Gasteiger partial charge in [-0.05, 0) is 24.3 Å². The van der Waals surface area contributed by atoms with Gasteiger partial charge in [-0.3, -0.25) is 0 Å². The van der Waals surface area contributed by atoms with Crippen molar-refractivity contribution in [2.45, 2.75) is 0 Å². The third-order valence-electron chi connectivity index (χ3n) is 2.75. The molecular formula is C13H8BrF2N3. The molecule has 0 radical (unpaired) electrons. The van der Waals surface area contributed by atoms with Crippen molar-refractivity contribution in [2.75, 3.05) is 5.73 Å². The summed E-state index contributed by atoms with van der Waals surface area (Å²) in [6.07, 6.45) is 0. The van der Waals surface area contributed by atoms with Gasteiger partial charge in [0.2, 0.25) is 0 Å². The minimum Gasteiger partial charge on any atom is -0.399 e. The Kier molecular flexibility index (Phi) is 2.74. The lowest BCUT2D eigenvalue weighted by Gasteiger charge is -2.01. The third kappa shape index (κ3) is 2.08. The molecule has 0 aliphatic rings. The number of fused-ring (bicyclic) bond motifs is 1. The molecule has 0 bridgehead atoms. The quantitative estimate of drug-likeness (QED) is 0.668. The van der Waals surface area contributed by atoms with Gasteiger partial charge in [0.15, 0.2) is 5.82 Å². The second kappa shape index (κ2) is 4.31. The Morgan fingerprint density at radius 1 is 1.16 bits per heavy atom. The normalized spacial score (nSPS) is 11.1. The maximum atomic E-state index is 13.6. The van der Waals surface area contributed by atoms with Gasteiger partial charge >= 0.3 is 0 Å². The minimum atomic E-state index is -0.697. The molecule has 0 aliphatic carbocycles. The number of imidazole rings is 1. The zero-order valence-corrected chi connectivity index (χ0v) is 11.1. The van der Waals surface area contributed by atoms with Crippen LogP contribution >= 0.6 is 15.9 Å². The van der Waals surface area contributed by atoms with E-state index in [-0.39, 0.29) is 5.52 Å². The van der Waals surface area contributed by atoms with Gasteiger partial charge in [-0.25, -0.2) is 13.8 Å². The number of anilines is 1. The highest BCUT2D eigenvalue weighted by Crippen LogP contribution is 2.30. The Morgan fingerprint density at radius 3 is 2.74 bits per heavy atom. The Bertz CT molecular complexity index is 783. The van der Waals surface area contributed by atoms with Crippen LogP contribution in [0, 0.1) is 11.6 Å². The standard InChI is InChI=1S/C13H8BrF2N3/c14-9-2-1-7(17)5-8(9)13-18-11-4-6(15)3-10(16)12(11)19-13/h1-5H,17H2,(H,18,19). The first-order valence-corrected chi connectivity index (χ1v) is 6.24. The number of nitrogens with two attached hydrogens (primary N) is 1. The lowest BCUT2D eigenvalue weighted by Crippen LogP contribution is -1.88. The van der Waals surface area contributed by atoms with Crippen LogP contribution in [0.5, 0.6) is 0 Å². The van der Waals surface area contributed by atoms with Crippen LogP contribution in [-0.2, 0) is 0 Å². The van der Waals surface area contributed by atoms with Crippen molar-refractivity contribution in [1.82, 2.24) is 9.97 Å². The van der Waals surface area contributed by atoms with Crippen molar-refractivity contribution in [3.05, 3.63) is 46.4 Å². The van der Waals surface area contributed by atoms with Gasteiger partial charge in [-0.2, -0.15) is 0 Å². The number of nitrogens with one attached hydrogen (secondary N) is 1. The first-order chi connectivity index (χ1) is 9.04. The summed E-state index contributed by atoms with van der Waals surface area (Å²) < 4.78 is 27.5. The Labute approximate surface area is 115 Å². The highest BCUT2D eigenvalue weighted by molar-refractivity contribution is 9.10. The molecule has 3 rings (SSSR count). The Hall–Kier alpha value is -1.95. The summed E-state index contributed by atoms with van der Waals surface area (Å²) in [5.74, 6) is -0.914. The molecule has 3 aromatic rings. The molecule has 0 amide bonds. The molecule has 2 aromatic carbocycles. The van der Waals surface area contributed by atoms with Crippen LogP contribution in [0.15, 0.2) is 34.8 Å². The van der Waals surface area contributed by atoms with Crippen LogP contribution in [0.1, 0.15) is 0 Å². The molecule has 0 atom stereocenters. The highest BCUT2D eigenvalue weighted by atomic mass is 79.9. The number of H-pyrrole nitrogens is 1. The van der Waals surface area contributed by atoms with Gasteiger partial charge in [0, 0.05) is 21.8 Å². The number of benzene rings is 2. The average Bonchev–Trinajstić information content (AvgIpc) is 2.76. The van der Waals surface area contributed by atoms with E-state index in [1.54, 1.807) is 18.2 Å². The number of nitrogen functional groups attached to an aromatic ring is 1. The number of hydrogen-bond acceptors (Lipinski definition) is 2. The van der Waals surface area contributed by atoms with Crippen molar-refractivity contribution >= 4 is 32.7 Å². The van der Waals surface area contributed by atoms with Crippen molar-refractivity contribution in [3.63, 3.8) is 0 Å². The van der Waals surface area contributed by atoms with Crippen molar-refractivity contribution < 1.29 is 8.78 Å². The summed E-state index contributed by atoms with van der Waals surface area (Å²) in [4.78, 5) is 7.03. The van der Waals surface area contributed by atoms with E-state index in [9.17, 15) is 8.78 Å². The lowest BCUT2D eigenvalue weighted by molar-refractivity contribution is 0.591. The van der Waals surface area contributed by atoms with Crippen LogP contribution in [0.4, 0.5) is 14.5 Å². The topological polar surface area (TPSA) is 54.7 Å². The maximum absolute atomic E-state index is 13.6. The summed E-state index contributed by atoms with van der Waals surface area (Å²) in [6, 6.07) is 7.22. The summed E-state index contributed by atoms with van der Waals surface area (Å²) >= 11 is 3.37. The SMILES string of the molecule is Nc1ccc(Br)c(-c2nc3c(F)cc(F)cc3[nH]2)c1. The predicted molar refractivity (Wildman–Crippen MR) is 73.6 cm³/mol. The van der Waals surface area contributed by atoms with Crippen molar-refractivity contribution in [1.29, 1.82) is 0 Å². The molecule has 0 spiro atoms. The number of aromatic amines is 1. The van der Waals surface area contributed by atoms with Gasteiger partial charge in [0.05, 0.1) is 5.52 Å². The fourth-order valence-electron chi connectivity index (χ4n) is 1.89. The summed E-state index contributed by atoms with van der Waals surface area (Å²) in [6.45, 7) is 0. The van der Waals surface area contributed by atoms with Gasteiger partial charge in [-0.15, -0.1) is 0 Å². The molecule has 3 N–H and O–H groups in total. The van der Waals surface area contributed by atoms with Crippen LogP contribution in [0.25, 0.3) is 22.4 Å². The molecular weight excluding hydrogens is 316 g/mol. The van der Waals surface area contributed by atoms with Crippen LogP contribution in [0.3, 0.4) is 0 Å². The molecule has 0 fully saturated rings. The first kappa shape index (κ1) is 12.1. The van der Waals surface area contributed by atoms with E-state index in [2.05, 4.69) is 25.9 Å². The summed E-state index contributed by atoms with van der Waals surface area (Å²) in [5, 5.41) is 0. The minimum absolute atomic E-state index is 0.103. The van der Waals surface area contributed by atoms with Crippen LogP contribution in [-0.4, -0.2) is 9.97 Å². The van der Waals surface area contributed by atoms with Crippen LogP contribution < -0.4 is 5.73 Å². The molecule has 1 heterocycles. The van der Waals surface area contributed by atoms with Gasteiger partial charge in [0.25, 0.3) is 0 Å². The summed E-state index contributed by atoms with van der Waals surface area (Å²) in [5.41, 5.74) is 7.38. The fraction of sp³-hybridized carbons (Fsp3) is 0. The second-order valence-corrected chi connectivity index (χ2v) is 4.96. The van der Waals surface area contributed by atoms with Gasteiger partial charge in [0.1, 0.15) is 17.2 Å². The van der Waals surface area contributed by atoms with Crippen LogP contribution in [0.2, 0.25) is 0 Å². The largest absolute Gasteiger partial charge is 0.399 e. The average molecular weight is 324 g/mol. The molecule has 19 heavy (non-hydrogen) atoms. The predicted octanol–water partition coefficient (Wildman–Crippen LogP) is 3.85. The Morgan fingerprint density at radius 2 is 1.95 bits per heavy atom. The second-order valence-electron chi connectivity index (χ2n) is 4.11.